The van der Waals surface area contributed by atoms with Crippen LogP contribution in [0.15, 0.2) is 264 Å². The van der Waals surface area contributed by atoms with Gasteiger partial charge in [0.05, 0.1) is 37.5 Å². The van der Waals surface area contributed by atoms with Gasteiger partial charge in [0, 0.05) is 85.3 Å². The minimum Gasteiger partial charge on any atom is -0.481 e. The summed E-state index contributed by atoms with van der Waals surface area (Å²) in [4.78, 5) is 88.6. The number of carboxylic acids is 3. The van der Waals surface area contributed by atoms with E-state index in [-0.39, 0.29) is 39.9 Å². The topological polar surface area (TPSA) is 281 Å². The number of likely N-dealkylation sites (tertiary alicyclic amines) is 1. The molecule has 2 aliphatic heterocycles. The third-order valence-corrected chi connectivity index (χ3v) is 18.2. The number of carboxylic acid groups (broad SMARTS) is 3. The van der Waals surface area contributed by atoms with Gasteiger partial charge in [0.15, 0.2) is 6.29 Å². The smallest absolute Gasteiger partial charge is 0.338 e. The average molecular weight is 1680 g/mol. The summed E-state index contributed by atoms with van der Waals surface area (Å²) in [5, 5.41) is 33.8. The normalized spacial score (nSPS) is 11.9. The van der Waals surface area contributed by atoms with Gasteiger partial charge in [-0.2, -0.15) is 0 Å². The maximum atomic E-state index is 14.5. The van der Waals surface area contributed by atoms with Gasteiger partial charge in [-0.05, 0) is 201 Å². The summed E-state index contributed by atoms with van der Waals surface area (Å²) in [6, 6.07) is 74.1. The monoisotopic (exact) mass is 1680 g/mol. The van der Waals surface area contributed by atoms with Gasteiger partial charge in [-0.15, -0.1) is 0 Å². The number of aromatic carboxylic acids is 1. The Kier molecular flexibility index (Phi) is 36.6. The lowest BCUT2D eigenvalue weighted by Crippen LogP contribution is -2.49. The van der Waals surface area contributed by atoms with E-state index in [1.165, 1.54) is 70.8 Å². The Labute approximate surface area is 673 Å². The molecule has 11 aromatic carbocycles. The molecule has 0 spiro atoms. The quantitative estimate of drug-likeness (QED) is 0.0136. The lowest BCUT2D eigenvalue weighted by atomic mass is 9.99. The van der Waals surface area contributed by atoms with Gasteiger partial charge in [-0.1, -0.05) is 158 Å². The molecule has 2 amide bonds. The molecular weight excluding hydrogens is 1600 g/mol. The van der Waals surface area contributed by atoms with Crippen LogP contribution in [0.4, 0.5) is 39.0 Å². The number of ether oxygens (including phenoxy) is 2. The Hall–Kier alpha value is -12.0. The Morgan fingerprint density at radius 2 is 0.798 bits per heavy atom. The Bertz CT molecular complexity index is 4970. The highest BCUT2D eigenvalue weighted by Crippen LogP contribution is 2.26. The zero-order chi connectivity index (χ0) is 82.5. The first-order chi connectivity index (χ1) is 54.8. The largest absolute Gasteiger partial charge is 0.481 e. The van der Waals surface area contributed by atoms with Crippen molar-refractivity contribution in [2.75, 3.05) is 55.8 Å². The zero-order valence-electron chi connectivity index (χ0n) is 61.9. The number of aldehydes is 3. The van der Waals surface area contributed by atoms with E-state index in [4.69, 9.17) is 30.5 Å². The molecule has 590 valence electrons. The summed E-state index contributed by atoms with van der Waals surface area (Å²) in [7, 11) is 0. The second-order valence-corrected chi connectivity index (χ2v) is 27.2. The number of carbonyl (C=O) groups excluding carboxylic acids is 5. The molecule has 0 atom stereocenters. The standard InChI is InChI=1S/C25H23FN2O3.C21H16FNO2.C13H13N.C11H14BrFO2.C8H5FO3.C7H4BrFO.C4H7NO2/c26-23-13-19(14-28-15-20(16-28)25(30)31)8-11-22(23)24(29)27-21-9-6-18(7-10-21)12-17-4-2-1-3-5-17;22-20-13-17(14-24)8-11-19(20)21(25)23-18-9-6-16(7-10-18)12-15-4-2-1-3-5-15;14-13-8-6-12(7-9-13)10-11-4-2-1-3-5-11;1-3-14-11(15-4-2)8-5-6-9(12)10(13)7-8;9-7-3-5(4-10)1-2-6(7)8(11)12;8-6-2-1-5(4-10)3-7(6)9;6-4(7)3-1-5-2-3/h1-11,13,20H,12,14-16H2,(H,27,29)(H,30,31);1-11,13-14H,12H2,(H,23,25);1-9H,10,14H2;5-7,11H,3-4H2,1-2H3;1-4H,(H,11,12);1-4H;3,5H,1-2H2,(H,6,7). The van der Waals surface area contributed by atoms with Crippen LogP contribution in [0, 0.1) is 40.9 Å². The van der Waals surface area contributed by atoms with E-state index < -0.39 is 64.8 Å². The van der Waals surface area contributed by atoms with Crippen LogP contribution >= 0.6 is 31.9 Å². The van der Waals surface area contributed by atoms with Crippen LogP contribution in [-0.4, -0.2) is 108 Å². The molecule has 2 fully saturated rings. The lowest BCUT2D eigenvalue weighted by Gasteiger charge is -2.36. The molecule has 2 heterocycles. The summed E-state index contributed by atoms with van der Waals surface area (Å²) >= 11 is 6.07. The molecule has 0 aromatic heterocycles. The summed E-state index contributed by atoms with van der Waals surface area (Å²) in [6.07, 6.45) is 3.69. The maximum absolute atomic E-state index is 14.5. The number of hydrogen-bond donors (Lipinski definition) is 7. The highest BCUT2D eigenvalue weighted by molar-refractivity contribution is 9.10. The first-order valence-corrected chi connectivity index (χ1v) is 37.2. The molecule has 25 heteroatoms. The number of nitrogens with one attached hydrogen (secondary N) is 3. The number of benzene rings is 11. The van der Waals surface area contributed by atoms with Crippen molar-refractivity contribution < 1.29 is 85.1 Å². The van der Waals surface area contributed by atoms with Crippen LogP contribution in [0.1, 0.15) is 127 Å². The number of carbonyl (C=O) groups is 8. The van der Waals surface area contributed by atoms with Crippen molar-refractivity contribution in [2.24, 2.45) is 11.8 Å². The van der Waals surface area contributed by atoms with Crippen molar-refractivity contribution in [3.8, 4) is 0 Å². The second-order valence-electron chi connectivity index (χ2n) is 25.5. The number of nitrogens with two attached hydrogens (primary N) is 1. The predicted molar refractivity (Wildman–Crippen MR) is 434 cm³/mol. The van der Waals surface area contributed by atoms with Gasteiger partial charge in [0.2, 0.25) is 0 Å². The summed E-state index contributed by atoms with van der Waals surface area (Å²) in [5.41, 5.74) is 16.4. The van der Waals surface area contributed by atoms with Crippen molar-refractivity contribution in [2.45, 2.75) is 45.9 Å². The average Bonchev–Trinajstić information content (AvgIpc) is 0.822. The Morgan fingerprint density at radius 1 is 0.447 bits per heavy atom. The fourth-order valence-electron chi connectivity index (χ4n) is 10.7. The van der Waals surface area contributed by atoms with Crippen molar-refractivity contribution in [1.82, 2.24) is 10.2 Å². The SMILES string of the molecule is CCOC(OCC)c1ccc(Br)c(F)c1.Nc1ccc(Cc2ccccc2)cc1.O=C(Nc1ccc(Cc2ccccc2)cc1)c1ccc(CN2CC(C(=O)O)C2)cc1F.O=C(O)C1CNC1.O=Cc1ccc(Br)c(F)c1.O=Cc1ccc(C(=O)Nc2ccc(Cc3ccccc3)cc2)c(F)c1.O=Cc1ccc(C(=O)O)c(F)c1. The van der Waals surface area contributed by atoms with E-state index in [0.29, 0.717) is 102 Å². The minimum atomic E-state index is -1.34. The summed E-state index contributed by atoms with van der Waals surface area (Å²) in [6.45, 7) is 7.49. The van der Waals surface area contributed by atoms with E-state index >= 15 is 0 Å². The maximum Gasteiger partial charge on any atom is 0.338 e. The van der Waals surface area contributed by atoms with Gasteiger partial charge >= 0.3 is 17.9 Å². The van der Waals surface area contributed by atoms with Crippen LogP contribution in [0.2, 0.25) is 0 Å². The lowest BCUT2D eigenvalue weighted by molar-refractivity contribution is -0.148. The van der Waals surface area contributed by atoms with Crippen LogP contribution in [-0.2, 0) is 44.9 Å². The minimum absolute atomic E-state index is 0.0239. The van der Waals surface area contributed by atoms with Crippen molar-refractivity contribution >= 4 is 97.5 Å². The number of amides is 2. The molecule has 8 N–H and O–H groups in total. The molecule has 114 heavy (non-hydrogen) atoms. The number of nitrogens with zero attached hydrogens (tertiary/aromatic N) is 1. The van der Waals surface area contributed by atoms with Crippen LogP contribution in [0.25, 0.3) is 0 Å². The van der Waals surface area contributed by atoms with E-state index in [1.54, 1.807) is 36.4 Å². The number of anilines is 3. The molecule has 2 saturated heterocycles. The Morgan fingerprint density at radius 3 is 1.14 bits per heavy atom. The van der Waals surface area contributed by atoms with Crippen LogP contribution in [0.3, 0.4) is 0 Å². The van der Waals surface area contributed by atoms with Gasteiger partial charge in [-0.3, -0.25) is 38.5 Å². The first kappa shape index (κ1) is 89.2. The molecule has 13 rings (SSSR count). The van der Waals surface area contributed by atoms with Crippen LogP contribution in [0.5, 0.6) is 0 Å². The molecule has 0 unspecified atom stereocenters. The third-order valence-electron chi connectivity index (χ3n) is 16.9. The van der Waals surface area contributed by atoms with Gasteiger partial charge in [0.1, 0.15) is 47.9 Å². The number of halogens is 7. The highest BCUT2D eigenvalue weighted by atomic mass is 79.9. The molecule has 0 saturated carbocycles. The van der Waals surface area contributed by atoms with Gasteiger partial charge < -0.3 is 46.5 Å². The summed E-state index contributed by atoms with van der Waals surface area (Å²) < 4.78 is 78.5. The first-order valence-electron chi connectivity index (χ1n) is 35.6. The van der Waals surface area contributed by atoms with Crippen molar-refractivity contribution in [1.29, 1.82) is 0 Å². The number of hydrogen-bond acceptors (Lipinski definition) is 13. The fourth-order valence-corrected chi connectivity index (χ4v) is 11.2. The molecule has 0 radical (unpaired) electrons. The molecule has 11 aromatic rings. The zero-order valence-corrected chi connectivity index (χ0v) is 65.1. The molecule has 18 nitrogen and oxygen atoms in total. The Balaban J connectivity index is 0.000000194. The molecule has 0 aliphatic carbocycles. The highest BCUT2D eigenvalue weighted by Gasteiger charge is 2.32. The van der Waals surface area contributed by atoms with Gasteiger partial charge in [-0.25, -0.2) is 26.7 Å². The molecule has 2 aliphatic rings. The summed E-state index contributed by atoms with van der Waals surface area (Å²) in [5.74, 6) is -7.27. The van der Waals surface area contributed by atoms with Crippen molar-refractivity contribution in [3.05, 3.63) is 371 Å². The van der Waals surface area contributed by atoms with Crippen LogP contribution < -0.4 is 21.7 Å². The van der Waals surface area contributed by atoms with Gasteiger partial charge in [0.25, 0.3) is 11.8 Å². The van der Waals surface area contributed by atoms with Crippen molar-refractivity contribution in [3.63, 3.8) is 0 Å². The fraction of sp³-hybridized carbons (Fsp3) is 0.169. The van der Waals surface area contributed by atoms with E-state index in [2.05, 4.69) is 108 Å². The number of nitrogen functional groups attached to an aromatic ring is 1. The van der Waals surface area contributed by atoms with E-state index in [1.807, 2.05) is 110 Å². The van der Waals surface area contributed by atoms with E-state index in [9.17, 15) is 60.3 Å². The number of aliphatic carboxylic acids is 2. The third kappa shape index (κ3) is 29.9. The molecular formula is C89H82Br2F5N5O13. The molecule has 0 bridgehead atoms. The number of rotatable bonds is 23. The second kappa shape index (κ2) is 46.8. The van der Waals surface area contributed by atoms with E-state index in [0.717, 1.165) is 54.3 Å². The predicted octanol–water partition coefficient (Wildman–Crippen LogP) is 18.2.